The topological polar surface area (TPSA) is 85.9 Å². The predicted molar refractivity (Wildman–Crippen MR) is 83.1 cm³/mol. The Morgan fingerprint density at radius 2 is 2.29 bits per heavy atom. The Hall–Kier alpha value is -1.47. The minimum atomic E-state index is -0.241. The lowest BCUT2D eigenvalue weighted by atomic mass is 10.1. The molecule has 0 spiro atoms. The summed E-state index contributed by atoms with van der Waals surface area (Å²) in [4.78, 5) is 4.09. The molecule has 7 heteroatoms. The van der Waals surface area contributed by atoms with Gasteiger partial charge < -0.3 is 15.7 Å². The number of pyridine rings is 1. The van der Waals surface area contributed by atoms with Crippen LogP contribution in [0, 0.1) is 5.92 Å². The number of aliphatic hydroxyl groups is 1. The first-order valence-corrected chi connectivity index (χ1v) is 6.87. The lowest BCUT2D eigenvalue weighted by Crippen LogP contribution is -2.30. The number of aliphatic hydroxyl groups excluding tert-OH is 1. The monoisotopic (exact) mass is 309 g/mol. The molecule has 2 atom stereocenters. The Kier molecular flexibility index (Phi) is 5.69. The maximum atomic E-state index is 9.71. The largest absolute Gasteiger partial charge is 0.391 e. The molecule has 1 aliphatic heterocycles. The molecule has 0 amide bonds. The van der Waals surface area contributed by atoms with Gasteiger partial charge in [-0.2, -0.15) is 5.10 Å². The molecule has 1 saturated heterocycles. The minimum absolute atomic E-state index is 0. The van der Waals surface area contributed by atoms with E-state index in [0.29, 0.717) is 6.54 Å². The average molecular weight is 310 g/mol. The number of β-amino-alcohol motifs (C(OH)–C–C–N with tert-alkyl or cyclic N) is 1. The van der Waals surface area contributed by atoms with Crippen molar-refractivity contribution >= 4 is 12.4 Å². The van der Waals surface area contributed by atoms with E-state index in [1.165, 1.54) is 0 Å². The van der Waals surface area contributed by atoms with Gasteiger partial charge in [0.25, 0.3) is 0 Å². The molecule has 0 bridgehead atoms. The second-order valence-corrected chi connectivity index (χ2v) is 5.14. The van der Waals surface area contributed by atoms with Gasteiger partial charge in [-0.3, -0.25) is 10.1 Å². The van der Waals surface area contributed by atoms with Crippen molar-refractivity contribution in [2.75, 3.05) is 19.6 Å². The first kappa shape index (κ1) is 15.9. The number of halogens is 1. The summed E-state index contributed by atoms with van der Waals surface area (Å²) in [5.74, 6) is 0.288. The van der Waals surface area contributed by atoms with Gasteiger partial charge in [0.05, 0.1) is 11.8 Å². The van der Waals surface area contributed by atoms with Gasteiger partial charge in [0.1, 0.15) is 0 Å². The molecule has 0 radical (unpaired) electrons. The summed E-state index contributed by atoms with van der Waals surface area (Å²) in [5.41, 5.74) is 2.94. The third-order valence-corrected chi connectivity index (χ3v) is 3.61. The van der Waals surface area contributed by atoms with Gasteiger partial charge >= 0.3 is 0 Å². The quantitative estimate of drug-likeness (QED) is 0.648. The smallest absolute Gasteiger partial charge is 0.0939 e. The van der Waals surface area contributed by atoms with Crippen molar-refractivity contribution in [1.82, 2.24) is 25.8 Å². The summed E-state index contributed by atoms with van der Waals surface area (Å²) in [6.45, 7) is 3.09. The van der Waals surface area contributed by atoms with Gasteiger partial charge in [0.2, 0.25) is 0 Å². The second-order valence-electron chi connectivity index (χ2n) is 5.14. The molecule has 2 aromatic rings. The molecule has 4 N–H and O–H groups in total. The van der Waals surface area contributed by atoms with Crippen LogP contribution in [0.5, 0.6) is 0 Å². The van der Waals surface area contributed by atoms with Crippen LogP contribution in [0.4, 0.5) is 0 Å². The summed E-state index contributed by atoms with van der Waals surface area (Å²) >= 11 is 0. The number of aromatic amines is 1. The number of nitrogens with zero attached hydrogens (tertiary/aromatic N) is 2. The summed E-state index contributed by atoms with van der Waals surface area (Å²) in [6.07, 6.45) is 3.31. The Labute approximate surface area is 129 Å². The van der Waals surface area contributed by atoms with Crippen LogP contribution in [0.3, 0.4) is 0 Å². The molecule has 0 aliphatic carbocycles. The summed E-state index contributed by atoms with van der Waals surface area (Å²) in [5, 5.41) is 23.5. The SMILES string of the molecule is Cl.OC1CNCC1CNCc1cc(-c2cccnc2)n[nH]1. The van der Waals surface area contributed by atoms with Crippen LogP contribution in [-0.4, -0.2) is 46.0 Å². The third kappa shape index (κ3) is 4.01. The molecule has 3 rings (SSSR count). The van der Waals surface area contributed by atoms with Crippen LogP contribution in [0.15, 0.2) is 30.6 Å². The fourth-order valence-electron chi connectivity index (χ4n) is 2.43. The van der Waals surface area contributed by atoms with Crippen molar-refractivity contribution in [2.24, 2.45) is 5.92 Å². The maximum absolute atomic E-state index is 9.71. The molecule has 0 saturated carbocycles. The Bertz CT molecular complexity index is 547. The number of nitrogens with one attached hydrogen (secondary N) is 3. The molecule has 114 valence electrons. The number of H-pyrrole nitrogens is 1. The highest BCUT2D eigenvalue weighted by Crippen LogP contribution is 2.15. The summed E-state index contributed by atoms with van der Waals surface area (Å²) < 4.78 is 0. The first-order chi connectivity index (χ1) is 9.83. The molecule has 3 heterocycles. The van der Waals surface area contributed by atoms with Crippen LogP contribution in [0.1, 0.15) is 5.69 Å². The fourth-order valence-corrected chi connectivity index (χ4v) is 2.43. The van der Waals surface area contributed by atoms with Crippen LogP contribution in [0.25, 0.3) is 11.3 Å². The molecule has 2 unspecified atom stereocenters. The van der Waals surface area contributed by atoms with Crippen molar-refractivity contribution in [3.63, 3.8) is 0 Å². The zero-order valence-electron chi connectivity index (χ0n) is 11.6. The molecule has 0 aromatic carbocycles. The minimum Gasteiger partial charge on any atom is -0.391 e. The van der Waals surface area contributed by atoms with E-state index in [-0.39, 0.29) is 24.4 Å². The van der Waals surface area contributed by atoms with E-state index in [9.17, 15) is 5.11 Å². The number of hydrogen-bond acceptors (Lipinski definition) is 5. The van der Waals surface area contributed by atoms with E-state index in [4.69, 9.17) is 0 Å². The molecule has 2 aromatic heterocycles. The lowest BCUT2D eigenvalue weighted by molar-refractivity contribution is 0.146. The molecule has 1 fully saturated rings. The lowest BCUT2D eigenvalue weighted by Gasteiger charge is -2.13. The molecular weight excluding hydrogens is 290 g/mol. The molecule has 6 nitrogen and oxygen atoms in total. The van der Waals surface area contributed by atoms with Crippen molar-refractivity contribution in [3.05, 3.63) is 36.3 Å². The zero-order chi connectivity index (χ0) is 13.8. The zero-order valence-corrected chi connectivity index (χ0v) is 12.4. The maximum Gasteiger partial charge on any atom is 0.0939 e. The molecule has 21 heavy (non-hydrogen) atoms. The number of aromatic nitrogens is 3. The second kappa shape index (κ2) is 7.51. The van der Waals surface area contributed by atoms with Gasteiger partial charge in [0, 0.05) is 55.7 Å². The normalized spacial score (nSPS) is 21.2. The third-order valence-electron chi connectivity index (χ3n) is 3.61. The van der Waals surface area contributed by atoms with E-state index in [1.807, 2.05) is 18.2 Å². The van der Waals surface area contributed by atoms with Gasteiger partial charge in [-0.15, -0.1) is 12.4 Å². The van der Waals surface area contributed by atoms with Gasteiger partial charge in [0.15, 0.2) is 0 Å². The van der Waals surface area contributed by atoms with Gasteiger partial charge in [-0.05, 0) is 18.2 Å². The van der Waals surface area contributed by atoms with Crippen molar-refractivity contribution in [1.29, 1.82) is 0 Å². The standard InChI is InChI=1S/C14H19N5O.ClH/c20-14-9-17-7-11(14)6-16-8-12-4-13(19-18-12)10-2-1-3-15-5-10;/h1-5,11,14,16-17,20H,6-9H2,(H,18,19);1H. The molecular formula is C14H20ClN5O. The van der Waals surface area contributed by atoms with E-state index < -0.39 is 0 Å². The number of rotatable bonds is 5. The summed E-state index contributed by atoms with van der Waals surface area (Å²) in [6, 6.07) is 5.91. The van der Waals surface area contributed by atoms with E-state index >= 15 is 0 Å². The van der Waals surface area contributed by atoms with Crippen molar-refractivity contribution in [3.8, 4) is 11.3 Å². The Morgan fingerprint density at radius 1 is 1.38 bits per heavy atom. The van der Waals surface area contributed by atoms with E-state index in [1.54, 1.807) is 12.4 Å². The average Bonchev–Trinajstić information content (AvgIpc) is 3.10. The predicted octanol–water partition coefficient (Wildman–Crippen LogP) is 0.563. The van der Waals surface area contributed by atoms with Crippen molar-refractivity contribution < 1.29 is 5.11 Å². The highest BCUT2D eigenvalue weighted by molar-refractivity contribution is 5.85. The molecule has 1 aliphatic rings. The first-order valence-electron chi connectivity index (χ1n) is 6.87. The van der Waals surface area contributed by atoms with E-state index in [0.717, 1.165) is 36.6 Å². The van der Waals surface area contributed by atoms with E-state index in [2.05, 4.69) is 25.8 Å². The fraction of sp³-hybridized carbons (Fsp3) is 0.429. The van der Waals surface area contributed by atoms with Crippen LogP contribution in [0.2, 0.25) is 0 Å². The highest BCUT2D eigenvalue weighted by atomic mass is 35.5. The Balaban J connectivity index is 0.00000161. The van der Waals surface area contributed by atoms with Crippen molar-refractivity contribution in [2.45, 2.75) is 12.6 Å². The number of hydrogen-bond donors (Lipinski definition) is 4. The van der Waals surface area contributed by atoms with Crippen LogP contribution >= 0.6 is 12.4 Å². The van der Waals surface area contributed by atoms with Crippen LogP contribution in [-0.2, 0) is 6.54 Å². The van der Waals surface area contributed by atoms with Crippen LogP contribution < -0.4 is 10.6 Å². The van der Waals surface area contributed by atoms with Gasteiger partial charge in [-0.25, -0.2) is 0 Å². The van der Waals surface area contributed by atoms with Gasteiger partial charge in [-0.1, -0.05) is 0 Å². The Morgan fingerprint density at radius 3 is 3.00 bits per heavy atom. The highest BCUT2D eigenvalue weighted by Gasteiger charge is 2.24. The summed E-state index contributed by atoms with van der Waals surface area (Å²) in [7, 11) is 0.